The van der Waals surface area contributed by atoms with Crippen LogP contribution in [0.4, 0.5) is 0 Å². The first-order valence-corrected chi connectivity index (χ1v) is 16.8. The summed E-state index contributed by atoms with van der Waals surface area (Å²) in [6.45, 7) is 5.24. The molecule has 0 amide bonds. The van der Waals surface area contributed by atoms with Gasteiger partial charge in [-0.25, -0.2) is 0 Å². The van der Waals surface area contributed by atoms with Crippen LogP contribution in [-0.2, 0) is 23.8 Å². The molecule has 0 radical (unpaired) electrons. The molecule has 0 aliphatic carbocycles. The van der Waals surface area contributed by atoms with Crippen LogP contribution in [0.3, 0.4) is 0 Å². The number of aliphatic carboxylic acids is 1. The molecule has 13 nitrogen and oxygen atoms in total. The number of ether oxygens (including phenoxy) is 3. The number of hydrogen-bond acceptors (Lipinski definition) is 12. The first-order chi connectivity index (χ1) is 21.3. The van der Waals surface area contributed by atoms with E-state index in [0.29, 0.717) is 32.1 Å². The van der Waals surface area contributed by atoms with E-state index >= 15 is 0 Å². The molecular formula is C32H58O13. The summed E-state index contributed by atoms with van der Waals surface area (Å²) >= 11 is 0. The van der Waals surface area contributed by atoms with Crippen molar-refractivity contribution in [2.24, 2.45) is 5.92 Å². The lowest BCUT2D eigenvalue weighted by Crippen LogP contribution is -2.62. The first-order valence-electron chi connectivity index (χ1n) is 16.8. The molecule has 45 heavy (non-hydrogen) atoms. The van der Waals surface area contributed by atoms with Gasteiger partial charge in [0.05, 0.1) is 30.5 Å². The molecule has 8 N–H and O–H groups in total. The van der Waals surface area contributed by atoms with Gasteiger partial charge < -0.3 is 55.1 Å². The van der Waals surface area contributed by atoms with Crippen molar-refractivity contribution in [2.45, 2.75) is 184 Å². The fourth-order valence-corrected chi connectivity index (χ4v) is 6.16. The number of carbonyl (C=O) groups is 2. The van der Waals surface area contributed by atoms with E-state index in [1.54, 1.807) is 6.92 Å². The van der Waals surface area contributed by atoms with Crippen LogP contribution in [0.15, 0.2) is 0 Å². The summed E-state index contributed by atoms with van der Waals surface area (Å²) in [5, 5.41) is 81.7. The third-order valence-electron chi connectivity index (χ3n) is 9.09. The number of rotatable bonds is 21. The van der Waals surface area contributed by atoms with Gasteiger partial charge in [0.25, 0.3) is 0 Å². The molecule has 3 unspecified atom stereocenters. The van der Waals surface area contributed by atoms with E-state index in [2.05, 4.69) is 6.92 Å². The summed E-state index contributed by atoms with van der Waals surface area (Å²) in [6, 6.07) is 0. The van der Waals surface area contributed by atoms with Gasteiger partial charge in [0.15, 0.2) is 12.1 Å². The van der Waals surface area contributed by atoms with Crippen molar-refractivity contribution in [1.82, 2.24) is 0 Å². The van der Waals surface area contributed by atoms with Crippen molar-refractivity contribution in [3.63, 3.8) is 0 Å². The van der Waals surface area contributed by atoms with E-state index in [-0.39, 0.29) is 12.8 Å². The highest BCUT2D eigenvalue weighted by Gasteiger charge is 2.48. The minimum atomic E-state index is -1.56. The Kier molecular flexibility index (Phi) is 17.9. The lowest BCUT2D eigenvalue weighted by atomic mass is 9.89. The van der Waals surface area contributed by atoms with Crippen molar-refractivity contribution in [1.29, 1.82) is 0 Å². The number of Topliss-reactive ketones (excluding diaryl/α,β-unsaturated/α-hetero) is 1. The van der Waals surface area contributed by atoms with Gasteiger partial charge in [-0.2, -0.15) is 0 Å². The maximum absolute atomic E-state index is 12.6. The van der Waals surface area contributed by atoms with Gasteiger partial charge in [-0.05, 0) is 33.1 Å². The number of carboxylic acids is 1. The number of aliphatic hydroxyl groups excluding tert-OH is 7. The molecule has 0 aromatic carbocycles. The van der Waals surface area contributed by atoms with E-state index in [1.807, 2.05) is 0 Å². The van der Waals surface area contributed by atoms with Crippen molar-refractivity contribution < 1.29 is 64.7 Å². The number of aliphatic hydroxyl groups is 7. The van der Waals surface area contributed by atoms with Gasteiger partial charge in [-0.3, -0.25) is 9.59 Å². The average Bonchev–Trinajstić information content (AvgIpc) is 2.98. The van der Waals surface area contributed by atoms with Crippen LogP contribution in [0.2, 0.25) is 0 Å². The van der Waals surface area contributed by atoms with E-state index in [4.69, 9.17) is 14.2 Å². The molecular weight excluding hydrogens is 592 g/mol. The second kappa shape index (κ2) is 20.2. The molecule has 2 heterocycles. The number of carboxylic acid groups (broad SMARTS) is 1. The molecule has 0 spiro atoms. The van der Waals surface area contributed by atoms with Gasteiger partial charge in [0, 0.05) is 6.42 Å². The Morgan fingerprint density at radius 2 is 1.27 bits per heavy atom. The molecule has 0 aromatic rings. The lowest BCUT2D eigenvalue weighted by molar-refractivity contribution is -0.335. The van der Waals surface area contributed by atoms with Crippen LogP contribution in [0, 0.1) is 5.92 Å². The highest BCUT2D eigenvalue weighted by Crippen LogP contribution is 2.31. The maximum atomic E-state index is 12.6. The van der Waals surface area contributed by atoms with Crippen molar-refractivity contribution in [2.75, 3.05) is 0 Å². The van der Waals surface area contributed by atoms with E-state index in [1.165, 1.54) is 6.92 Å². The number of ketones is 1. The molecule has 0 saturated carbocycles. The van der Waals surface area contributed by atoms with Gasteiger partial charge >= 0.3 is 5.97 Å². The van der Waals surface area contributed by atoms with Crippen LogP contribution in [0.1, 0.15) is 111 Å². The zero-order valence-corrected chi connectivity index (χ0v) is 27.0. The summed E-state index contributed by atoms with van der Waals surface area (Å²) < 4.78 is 17.2. The minimum Gasteiger partial charge on any atom is -0.481 e. The van der Waals surface area contributed by atoms with Gasteiger partial charge in [-0.15, -0.1) is 0 Å². The van der Waals surface area contributed by atoms with Crippen molar-refractivity contribution >= 4 is 11.8 Å². The molecule has 13 atom stereocenters. The van der Waals surface area contributed by atoms with Crippen LogP contribution in [-0.4, -0.2) is 126 Å². The largest absolute Gasteiger partial charge is 0.481 e. The summed E-state index contributed by atoms with van der Waals surface area (Å²) in [5.74, 6) is -3.56. The Morgan fingerprint density at radius 1 is 0.711 bits per heavy atom. The molecule has 2 aliphatic heterocycles. The normalized spacial score (nSPS) is 34.3. The third-order valence-corrected chi connectivity index (χ3v) is 9.09. The maximum Gasteiger partial charge on any atom is 0.316 e. The number of carbonyl (C=O) groups excluding carboxylic acids is 1. The van der Waals surface area contributed by atoms with E-state index in [0.717, 1.165) is 44.9 Å². The average molecular weight is 651 g/mol. The Bertz CT molecular complexity index is 859. The Hall–Kier alpha value is -1.26. The topological polar surface area (TPSA) is 224 Å². The van der Waals surface area contributed by atoms with Crippen LogP contribution in [0.25, 0.3) is 0 Å². The Morgan fingerprint density at radius 3 is 1.91 bits per heavy atom. The predicted octanol–water partition coefficient (Wildman–Crippen LogP) is 1.18. The first kappa shape index (κ1) is 39.9. The smallest absolute Gasteiger partial charge is 0.316 e. The van der Waals surface area contributed by atoms with Crippen LogP contribution < -0.4 is 0 Å². The zero-order valence-electron chi connectivity index (χ0n) is 27.0. The second-order valence-electron chi connectivity index (χ2n) is 12.9. The summed E-state index contributed by atoms with van der Waals surface area (Å²) in [5.41, 5.74) is 0. The van der Waals surface area contributed by atoms with Crippen LogP contribution in [0.5, 0.6) is 0 Å². The lowest BCUT2D eigenvalue weighted by Gasteiger charge is -2.46. The molecule has 2 aliphatic rings. The fourth-order valence-electron chi connectivity index (χ4n) is 6.16. The highest BCUT2D eigenvalue weighted by atomic mass is 16.7. The third kappa shape index (κ3) is 12.4. The number of hydrogen-bond donors (Lipinski definition) is 8. The quantitative estimate of drug-likeness (QED) is 0.0646. The summed E-state index contributed by atoms with van der Waals surface area (Å²) in [6.07, 6.45) is -4.65. The summed E-state index contributed by atoms with van der Waals surface area (Å²) in [7, 11) is 0. The van der Waals surface area contributed by atoms with Gasteiger partial charge in [-0.1, -0.05) is 71.1 Å². The second-order valence-corrected chi connectivity index (χ2v) is 12.9. The number of unbranched alkanes of at least 4 members (excludes halogenated alkanes) is 8. The molecule has 2 rings (SSSR count). The molecule has 264 valence electrons. The SMILES string of the molecule is CCCCCCCC(O)C(C(=O)O)C(=O)CC(O)CCCCCCC[C@@H]1O[C@@H](C)[C@H](O)[C@@H](O)[C@H]1O[C@@H]1O[C@@H](C)[C@H](O)[C@@H](O)[C@H]1O. The van der Waals surface area contributed by atoms with Crippen molar-refractivity contribution in [3.05, 3.63) is 0 Å². The molecule has 13 heteroatoms. The molecule has 2 fully saturated rings. The zero-order chi connectivity index (χ0) is 33.7. The van der Waals surface area contributed by atoms with Gasteiger partial charge in [0.2, 0.25) is 0 Å². The fraction of sp³-hybridized carbons (Fsp3) is 0.938. The molecule has 2 saturated heterocycles. The van der Waals surface area contributed by atoms with E-state index < -0.39 is 91.1 Å². The molecule has 0 bridgehead atoms. The Labute approximate surface area is 266 Å². The standard InChI is InChI=1S/C32H58O13/c1-4-5-6-8-12-15-21(34)24(31(41)42)22(35)17-20(33)14-11-9-7-10-13-16-23-30(28(39)26(37)18(2)43-23)45-32-29(40)27(38)25(36)19(3)44-32/h18-21,23-30,32-34,36-40H,4-17H2,1-3H3,(H,41,42)/t18-,19-,20?,21?,23-,24?,25-,26-,27+,28+,29+,30-,32-/m0/s1. The summed E-state index contributed by atoms with van der Waals surface area (Å²) in [4.78, 5) is 24.2. The van der Waals surface area contributed by atoms with Gasteiger partial charge in [0.1, 0.15) is 42.5 Å². The predicted molar refractivity (Wildman–Crippen MR) is 162 cm³/mol. The van der Waals surface area contributed by atoms with Crippen LogP contribution >= 0.6 is 0 Å². The Balaban J connectivity index is 1.74. The minimum absolute atomic E-state index is 0.239. The molecule has 0 aromatic heterocycles. The van der Waals surface area contributed by atoms with E-state index in [9.17, 15) is 50.4 Å². The monoisotopic (exact) mass is 650 g/mol. The highest BCUT2D eigenvalue weighted by molar-refractivity contribution is 5.99. The van der Waals surface area contributed by atoms with Crippen molar-refractivity contribution in [3.8, 4) is 0 Å².